The summed E-state index contributed by atoms with van der Waals surface area (Å²) in [5, 5.41) is -0.696. The van der Waals surface area contributed by atoms with Crippen LogP contribution in [0.1, 0.15) is 36.7 Å². The maximum absolute atomic E-state index is 14.6. The minimum Gasteiger partial charge on any atom is -0.541 e. The summed E-state index contributed by atoms with van der Waals surface area (Å²) in [7, 11) is -1.20. The molecule has 1 aromatic heterocycles. The molecule has 28 heavy (non-hydrogen) atoms. The molecule has 0 aliphatic rings. The molecule has 0 radical (unpaired) electrons. The Morgan fingerprint density at radius 3 is 2.32 bits per heavy atom. The molecule has 0 saturated carbocycles. The fraction of sp³-hybridized carbons (Fsp3) is 0.389. The molecule has 0 aliphatic heterocycles. The van der Waals surface area contributed by atoms with Crippen molar-refractivity contribution in [1.82, 2.24) is 9.97 Å². The van der Waals surface area contributed by atoms with E-state index >= 15 is 0 Å². The van der Waals surface area contributed by atoms with Crippen LogP contribution in [0.5, 0.6) is 11.5 Å². The first-order valence-corrected chi connectivity index (χ1v) is 11.9. The second-order valence-electron chi connectivity index (χ2n) is 7.61. The van der Waals surface area contributed by atoms with E-state index in [9.17, 15) is 13.6 Å². The molecule has 0 bridgehead atoms. The number of ketones is 1. The lowest BCUT2D eigenvalue weighted by Crippen LogP contribution is -2.44. The van der Waals surface area contributed by atoms with Crippen LogP contribution in [0.3, 0.4) is 0 Å². The number of halogens is 4. The number of rotatable bonds is 5. The Kier molecular flexibility index (Phi) is 6.37. The van der Waals surface area contributed by atoms with Gasteiger partial charge < -0.3 is 9.16 Å². The molecule has 0 spiro atoms. The smallest absolute Gasteiger partial charge is 0.250 e. The topological polar surface area (TPSA) is 61.3 Å². The van der Waals surface area contributed by atoms with Gasteiger partial charge in [-0.1, -0.05) is 32.4 Å². The van der Waals surface area contributed by atoms with Crippen LogP contribution in [0.15, 0.2) is 12.3 Å². The Morgan fingerprint density at radius 1 is 1.21 bits per heavy atom. The maximum Gasteiger partial charge on any atom is 0.250 e. The first-order chi connectivity index (χ1) is 12.8. The van der Waals surface area contributed by atoms with Crippen LogP contribution in [0.25, 0.3) is 0 Å². The highest BCUT2D eigenvalue weighted by molar-refractivity contribution is 6.74. The zero-order chi connectivity index (χ0) is 21.4. The highest BCUT2D eigenvalue weighted by Crippen LogP contribution is 2.43. The Balaban J connectivity index is 2.68. The lowest BCUT2D eigenvalue weighted by atomic mass is 10.0. The van der Waals surface area contributed by atoms with Gasteiger partial charge in [-0.2, -0.15) is 0 Å². The number of hydrogen-bond acceptors (Lipinski definition) is 5. The molecule has 0 aliphatic carbocycles. The van der Waals surface area contributed by atoms with Gasteiger partial charge in [0.05, 0.1) is 12.7 Å². The number of aromatic nitrogens is 2. The van der Waals surface area contributed by atoms with Gasteiger partial charge in [0.2, 0.25) is 11.1 Å². The maximum atomic E-state index is 14.6. The van der Waals surface area contributed by atoms with Gasteiger partial charge in [0.1, 0.15) is 10.7 Å². The molecule has 1 aromatic carbocycles. The van der Waals surface area contributed by atoms with Gasteiger partial charge in [0.15, 0.2) is 23.1 Å². The van der Waals surface area contributed by atoms with E-state index in [0.717, 1.165) is 12.3 Å². The molecule has 2 aromatic rings. The van der Waals surface area contributed by atoms with Gasteiger partial charge in [-0.15, -0.1) is 0 Å². The molecule has 152 valence electrons. The van der Waals surface area contributed by atoms with Crippen molar-refractivity contribution in [2.24, 2.45) is 0 Å². The van der Waals surface area contributed by atoms with Crippen LogP contribution in [0.4, 0.5) is 8.78 Å². The average molecular weight is 449 g/mol. The average Bonchev–Trinajstić information content (AvgIpc) is 2.55. The summed E-state index contributed by atoms with van der Waals surface area (Å²) in [5.41, 5.74) is -0.892. The van der Waals surface area contributed by atoms with E-state index in [2.05, 4.69) is 9.97 Å². The van der Waals surface area contributed by atoms with Crippen LogP contribution >= 0.6 is 23.2 Å². The molecule has 0 fully saturated rings. The van der Waals surface area contributed by atoms with Crippen LogP contribution in [-0.2, 0) is 0 Å². The predicted molar refractivity (Wildman–Crippen MR) is 106 cm³/mol. The number of methoxy groups -OCH3 is 1. The van der Waals surface area contributed by atoms with E-state index in [1.807, 2.05) is 33.9 Å². The fourth-order valence-electron chi connectivity index (χ4n) is 2.12. The van der Waals surface area contributed by atoms with E-state index in [1.54, 1.807) is 0 Å². The predicted octanol–water partition coefficient (Wildman–Crippen LogP) is 5.69. The van der Waals surface area contributed by atoms with Crippen LogP contribution in [-0.4, -0.2) is 31.2 Å². The van der Waals surface area contributed by atoms with E-state index in [1.165, 1.54) is 7.11 Å². The van der Waals surface area contributed by atoms with E-state index in [0.29, 0.717) is 0 Å². The third-order valence-corrected chi connectivity index (χ3v) is 9.51. The molecule has 5 nitrogen and oxygen atoms in total. The standard InChI is InChI=1S/C18H20Cl2F2N2O3Si/c1-18(2,3)28(5,6)27-11-7-10(21)13(22)12(15(11)26-4)14(25)9-8-23-17(20)24-16(9)19/h7-8H,1-6H3. The number of nitrogens with zero attached hydrogens (tertiary/aromatic N) is 2. The van der Waals surface area contributed by atoms with Gasteiger partial charge in [-0.25, -0.2) is 18.7 Å². The van der Waals surface area contributed by atoms with Gasteiger partial charge >= 0.3 is 0 Å². The number of hydrogen-bond donors (Lipinski definition) is 0. The Morgan fingerprint density at radius 2 is 1.82 bits per heavy atom. The van der Waals surface area contributed by atoms with E-state index < -0.39 is 31.3 Å². The molecule has 1 heterocycles. The molecule has 0 N–H and O–H groups in total. The Labute approximate surface area is 173 Å². The zero-order valence-corrected chi connectivity index (χ0v) is 18.8. The minimum atomic E-state index is -2.44. The van der Waals surface area contributed by atoms with E-state index in [4.69, 9.17) is 32.4 Å². The minimum absolute atomic E-state index is 0.0534. The van der Waals surface area contributed by atoms with Crippen LogP contribution in [0.2, 0.25) is 28.6 Å². The highest BCUT2D eigenvalue weighted by atomic mass is 35.5. The van der Waals surface area contributed by atoms with Crippen molar-refractivity contribution in [3.8, 4) is 11.5 Å². The van der Waals surface area contributed by atoms with Crippen molar-refractivity contribution in [3.63, 3.8) is 0 Å². The quantitative estimate of drug-likeness (QED) is 0.254. The van der Waals surface area contributed by atoms with Crippen molar-refractivity contribution >= 4 is 37.3 Å². The van der Waals surface area contributed by atoms with Gasteiger partial charge in [0.25, 0.3) is 8.32 Å². The van der Waals surface area contributed by atoms with Crippen LogP contribution < -0.4 is 9.16 Å². The lowest BCUT2D eigenvalue weighted by molar-refractivity contribution is 0.102. The molecule has 2 rings (SSSR count). The summed E-state index contributed by atoms with van der Waals surface area (Å²) in [6.07, 6.45) is 1.04. The van der Waals surface area contributed by atoms with E-state index in [-0.39, 0.29) is 32.5 Å². The SMILES string of the molecule is COc1c(O[Si](C)(C)C(C)(C)C)cc(F)c(F)c1C(=O)c1cnc(Cl)nc1Cl. The third kappa shape index (κ3) is 4.29. The molecule has 0 amide bonds. The van der Waals surface area contributed by atoms with Gasteiger partial charge in [0, 0.05) is 12.3 Å². The van der Waals surface area contributed by atoms with Crippen molar-refractivity contribution in [3.05, 3.63) is 45.5 Å². The summed E-state index contributed by atoms with van der Waals surface area (Å²) in [6, 6.07) is 0.880. The molecule has 10 heteroatoms. The monoisotopic (exact) mass is 448 g/mol. The zero-order valence-electron chi connectivity index (χ0n) is 16.3. The number of carbonyl (C=O) groups excluding carboxylic acids is 1. The molecule has 0 atom stereocenters. The van der Waals surface area contributed by atoms with Crippen molar-refractivity contribution in [1.29, 1.82) is 0 Å². The van der Waals surface area contributed by atoms with Crippen LogP contribution in [0, 0.1) is 11.6 Å². The third-order valence-electron chi connectivity index (χ3n) is 4.70. The van der Waals surface area contributed by atoms with Crippen molar-refractivity contribution < 1.29 is 22.7 Å². The van der Waals surface area contributed by atoms with Crippen molar-refractivity contribution in [2.45, 2.75) is 38.9 Å². The van der Waals surface area contributed by atoms with Gasteiger partial charge in [-0.05, 0) is 29.7 Å². The summed E-state index contributed by atoms with van der Waals surface area (Å²) in [6.45, 7) is 9.82. The molecule has 0 saturated heterocycles. The second-order valence-corrected chi connectivity index (χ2v) is 13.0. The first-order valence-electron chi connectivity index (χ1n) is 8.28. The number of carbonyl (C=O) groups is 1. The Hall–Kier alpha value is -1.77. The van der Waals surface area contributed by atoms with Gasteiger partial charge in [-0.3, -0.25) is 4.79 Å². The summed E-state index contributed by atoms with van der Waals surface area (Å²) in [4.78, 5) is 20.2. The number of ether oxygens (including phenoxy) is 1. The normalized spacial score (nSPS) is 12.1. The first kappa shape index (κ1) is 22.5. The fourth-order valence-corrected chi connectivity index (χ4v) is 3.52. The molecular weight excluding hydrogens is 429 g/mol. The second kappa shape index (κ2) is 7.92. The molecular formula is C18H20Cl2F2N2O3Si. The summed E-state index contributed by atoms with van der Waals surface area (Å²) < 4.78 is 40.3. The molecule has 0 unspecified atom stereocenters. The highest BCUT2D eigenvalue weighted by Gasteiger charge is 2.40. The summed E-state index contributed by atoms with van der Waals surface area (Å²) >= 11 is 11.6. The largest absolute Gasteiger partial charge is 0.541 e. The van der Waals surface area contributed by atoms with Crippen molar-refractivity contribution in [2.75, 3.05) is 7.11 Å². The Bertz CT molecular complexity index is 934. The lowest BCUT2D eigenvalue weighted by Gasteiger charge is -2.37. The summed E-state index contributed by atoms with van der Waals surface area (Å²) in [5.74, 6) is -3.85. The number of benzene rings is 1.